The van der Waals surface area contributed by atoms with Gasteiger partial charge in [-0.3, -0.25) is 4.79 Å². The van der Waals surface area contributed by atoms with E-state index in [2.05, 4.69) is 45.2 Å². The van der Waals surface area contributed by atoms with E-state index in [4.69, 9.17) is 0 Å². The van der Waals surface area contributed by atoms with Crippen molar-refractivity contribution in [3.05, 3.63) is 58.7 Å². The van der Waals surface area contributed by atoms with Gasteiger partial charge in [0, 0.05) is 6.08 Å². The highest BCUT2D eigenvalue weighted by molar-refractivity contribution is 5.88. The van der Waals surface area contributed by atoms with Crippen molar-refractivity contribution in [2.24, 2.45) is 5.41 Å². The summed E-state index contributed by atoms with van der Waals surface area (Å²) in [5, 5.41) is 11.9. The van der Waals surface area contributed by atoms with E-state index in [-0.39, 0.29) is 11.3 Å². The molecule has 0 aromatic rings. The first kappa shape index (κ1) is 22.2. The van der Waals surface area contributed by atoms with Crippen LogP contribution in [0.2, 0.25) is 0 Å². The lowest BCUT2D eigenvalue weighted by molar-refractivity contribution is -0.119. The van der Waals surface area contributed by atoms with Gasteiger partial charge in [-0.2, -0.15) is 0 Å². The minimum Gasteiger partial charge on any atom is -0.374 e. The molecule has 1 rings (SSSR count). The summed E-state index contributed by atoms with van der Waals surface area (Å²) in [5.41, 5.74) is 5.22. The number of nitrogens with one attached hydrogen (secondary N) is 1. The van der Waals surface area contributed by atoms with Crippen molar-refractivity contribution in [1.82, 2.24) is 5.32 Å². The number of carbonyl (C=O) groups excluding carboxylic acids is 1. The van der Waals surface area contributed by atoms with Gasteiger partial charge in [-0.1, -0.05) is 62.3 Å². The number of carbonyl (C=O) groups is 1. The number of hydrogen-bond donors (Lipinski definition) is 2. The molecular formula is C23H35NO2. The Bertz CT molecular complexity index is 645. The average molecular weight is 358 g/mol. The molecule has 0 heterocycles. The zero-order valence-corrected chi connectivity index (χ0v) is 17.2. The van der Waals surface area contributed by atoms with Crippen molar-refractivity contribution >= 4 is 5.91 Å². The van der Waals surface area contributed by atoms with Crippen LogP contribution >= 0.6 is 0 Å². The summed E-state index contributed by atoms with van der Waals surface area (Å²) in [4.78, 5) is 11.7. The third-order valence-electron chi connectivity index (χ3n) is 4.83. The van der Waals surface area contributed by atoms with E-state index in [1.54, 1.807) is 0 Å². The first-order valence-corrected chi connectivity index (χ1v) is 9.56. The molecule has 3 nitrogen and oxygen atoms in total. The van der Waals surface area contributed by atoms with Gasteiger partial charge < -0.3 is 10.4 Å². The Morgan fingerprint density at radius 1 is 1.27 bits per heavy atom. The van der Waals surface area contributed by atoms with E-state index in [9.17, 15) is 9.90 Å². The van der Waals surface area contributed by atoms with Crippen LogP contribution in [-0.4, -0.2) is 17.2 Å². The molecule has 1 amide bonds. The van der Waals surface area contributed by atoms with Crippen LogP contribution in [0.5, 0.6) is 0 Å². The maximum absolute atomic E-state index is 11.7. The van der Waals surface area contributed by atoms with Crippen LogP contribution in [0.3, 0.4) is 0 Å². The monoisotopic (exact) mass is 357 g/mol. The number of hydrogen-bond acceptors (Lipinski definition) is 2. The molecule has 1 aliphatic rings. The Labute approximate surface area is 159 Å². The smallest absolute Gasteiger partial charge is 0.246 e. The van der Waals surface area contributed by atoms with Gasteiger partial charge in [-0.05, 0) is 63.0 Å². The van der Waals surface area contributed by atoms with Gasteiger partial charge in [0.1, 0.15) is 6.23 Å². The van der Waals surface area contributed by atoms with Crippen LogP contribution in [0, 0.1) is 5.41 Å². The average Bonchev–Trinajstić information content (AvgIpc) is 2.53. The van der Waals surface area contributed by atoms with Crippen LogP contribution in [0.1, 0.15) is 67.2 Å². The fraction of sp³-hybridized carbons (Fsp3) is 0.522. The fourth-order valence-electron chi connectivity index (χ4n) is 3.20. The van der Waals surface area contributed by atoms with E-state index in [0.717, 1.165) is 5.57 Å². The number of aliphatic hydroxyl groups is 1. The normalized spacial score (nSPS) is 20.1. The van der Waals surface area contributed by atoms with Crippen LogP contribution in [0.15, 0.2) is 58.7 Å². The molecule has 0 bridgehead atoms. The molecule has 0 aromatic carbocycles. The summed E-state index contributed by atoms with van der Waals surface area (Å²) in [5.74, 6) is -0.274. The minimum atomic E-state index is -0.787. The molecule has 144 valence electrons. The topological polar surface area (TPSA) is 49.3 Å². The Morgan fingerprint density at radius 3 is 2.58 bits per heavy atom. The highest BCUT2D eigenvalue weighted by Crippen LogP contribution is 2.40. The lowest BCUT2D eigenvalue weighted by Crippen LogP contribution is -2.32. The van der Waals surface area contributed by atoms with Gasteiger partial charge in [0.2, 0.25) is 5.91 Å². The van der Waals surface area contributed by atoms with E-state index < -0.39 is 6.23 Å². The Morgan fingerprint density at radius 2 is 1.96 bits per heavy atom. The van der Waals surface area contributed by atoms with Gasteiger partial charge in [-0.15, -0.1) is 0 Å². The molecular weight excluding hydrogens is 322 g/mol. The number of allylic oxidation sites excluding steroid dienone is 9. The quantitative estimate of drug-likeness (QED) is 0.366. The molecule has 3 heteroatoms. The van der Waals surface area contributed by atoms with Gasteiger partial charge in [-0.25, -0.2) is 0 Å². The molecule has 0 spiro atoms. The summed E-state index contributed by atoms with van der Waals surface area (Å²) in [6.45, 7) is 12.6. The third-order valence-corrected chi connectivity index (χ3v) is 4.83. The summed E-state index contributed by atoms with van der Waals surface area (Å²) in [7, 11) is 0. The Hall–Kier alpha value is -1.87. The lowest BCUT2D eigenvalue weighted by Gasteiger charge is -2.32. The summed E-state index contributed by atoms with van der Waals surface area (Å²) in [6, 6.07) is 0. The molecule has 0 aliphatic heterocycles. The molecule has 0 fully saturated rings. The molecule has 2 N–H and O–H groups in total. The summed E-state index contributed by atoms with van der Waals surface area (Å²) >= 11 is 0. The predicted octanol–water partition coefficient (Wildman–Crippen LogP) is 5.36. The number of amides is 1. The van der Waals surface area contributed by atoms with Crippen molar-refractivity contribution in [1.29, 1.82) is 0 Å². The van der Waals surface area contributed by atoms with Gasteiger partial charge in [0.25, 0.3) is 0 Å². The Balaban J connectivity index is 2.70. The molecule has 1 atom stereocenters. The summed E-state index contributed by atoms with van der Waals surface area (Å²) < 4.78 is 0. The third kappa shape index (κ3) is 7.57. The highest BCUT2D eigenvalue weighted by Gasteiger charge is 2.26. The molecule has 1 aliphatic carbocycles. The zero-order valence-electron chi connectivity index (χ0n) is 17.2. The van der Waals surface area contributed by atoms with E-state index in [0.29, 0.717) is 6.42 Å². The fourth-order valence-corrected chi connectivity index (χ4v) is 3.20. The van der Waals surface area contributed by atoms with Crippen LogP contribution in [0.4, 0.5) is 0 Å². The van der Waals surface area contributed by atoms with E-state index >= 15 is 0 Å². The molecule has 0 saturated carbocycles. The molecule has 26 heavy (non-hydrogen) atoms. The molecule has 0 radical (unpaired) electrons. The molecule has 0 aromatic heterocycles. The maximum Gasteiger partial charge on any atom is 0.246 e. The van der Waals surface area contributed by atoms with E-state index in [1.165, 1.54) is 42.1 Å². The summed E-state index contributed by atoms with van der Waals surface area (Å²) in [6.07, 6.45) is 15.2. The SMILES string of the molecule is CCC(O)NC(=O)/C=C(C)/C=C/C=C(C)/C=C/C1=C(C)CCCC1(C)C. The van der Waals surface area contributed by atoms with E-state index in [1.807, 2.05) is 32.1 Å². The number of aliphatic hydroxyl groups excluding tert-OH is 1. The first-order chi connectivity index (χ1) is 12.2. The molecule has 0 saturated heterocycles. The minimum absolute atomic E-state index is 0.255. The second-order valence-corrected chi connectivity index (χ2v) is 7.86. The van der Waals surface area contributed by atoms with Crippen molar-refractivity contribution in [3.63, 3.8) is 0 Å². The zero-order chi connectivity index (χ0) is 19.7. The van der Waals surface area contributed by atoms with Crippen LogP contribution in [-0.2, 0) is 4.79 Å². The molecule has 1 unspecified atom stereocenters. The second kappa shape index (κ2) is 10.3. The second-order valence-electron chi connectivity index (χ2n) is 7.86. The Kier molecular flexibility index (Phi) is 8.80. The van der Waals surface area contributed by atoms with Gasteiger partial charge in [0.15, 0.2) is 0 Å². The first-order valence-electron chi connectivity index (χ1n) is 9.56. The largest absolute Gasteiger partial charge is 0.374 e. The van der Waals surface area contributed by atoms with Gasteiger partial charge in [0.05, 0.1) is 0 Å². The highest BCUT2D eigenvalue weighted by atomic mass is 16.3. The van der Waals surface area contributed by atoms with Crippen LogP contribution in [0.25, 0.3) is 0 Å². The van der Waals surface area contributed by atoms with Gasteiger partial charge >= 0.3 is 0 Å². The predicted molar refractivity (Wildman–Crippen MR) is 111 cm³/mol. The van der Waals surface area contributed by atoms with Crippen molar-refractivity contribution in [2.75, 3.05) is 0 Å². The van der Waals surface area contributed by atoms with Crippen molar-refractivity contribution in [2.45, 2.75) is 73.5 Å². The van der Waals surface area contributed by atoms with Crippen LogP contribution < -0.4 is 5.32 Å². The number of rotatable bonds is 7. The maximum atomic E-state index is 11.7. The van der Waals surface area contributed by atoms with Crippen molar-refractivity contribution < 1.29 is 9.90 Å². The standard InChI is InChI=1S/C23H35NO2/c1-7-21(25)24-22(26)16-18(3)11-8-10-17(2)13-14-20-19(4)12-9-15-23(20,5)6/h8,10-11,13-14,16,21,25H,7,9,12,15H2,1-6H3,(H,24,26)/b11-8+,14-13+,17-10+,18-16+. The van der Waals surface area contributed by atoms with Crippen molar-refractivity contribution in [3.8, 4) is 0 Å². The lowest BCUT2D eigenvalue weighted by atomic mass is 9.72.